The van der Waals surface area contributed by atoms with Crippen LogP contribution in [0.2, 0.25) is 0 Å². The molecule has 202 valence electrons. The molecule has 5 heteroatoms. The van der Waals surface area contributed by atoms with E-state index in [0.717, 1.165) is 32.1 Å². The fourth-order valence-corrected chi connectivity index (χ4v) is 9.81. The van der Waals surface area contributed by atoms with Gasteiger partial charge in [-0.3, -0.25) is 0 Å². The Morgan fingerprint density at radius 2 is 1.69 bits per heavy atom. The second-order valence-corrected chi connectivity index (χ2v) is 14.4. The summed E-state index contributed by atoms with van der Waals surface area (Å²) < 4.78 is 5.52. The van der Waals surface area contributed by atoms with Gasteiger partial charge in [-0.1, -0.05) is 34.1 Å². The Kier molecular flexibility index (Phi) is 7.64. The average Bonchev–Trinajstić information content (AvgIpc) is 3.11. The largest absolute Gasteiger partial charge is 0.450 e. The van der Waals surface area contributed by atoms with Crippen LogP contribution in [-0.2, 0) is 4.74 Å². The Balaban J connectivity index is 1.46. The molecule has 4 rings (SSSR count). The molecule has 3 N–H and O–H groups in total. The van der Waals surface area contributed by atoms with E-state index in [1.165, 1.54) is 25.7 Å². The zero-order chi connectivity index (χ0) is 25.8. The highest BCUT2D eigenvalue weighted by atomic mass is 16.5. The molecule has 4 fully saturated rings. The van der Waals surface area contributed by atoms with E-state index in [1.807, 2.05) is 20.8 Å². The van der Waals surface area contributed by atoms with Gasteiger partial charge in [0.15, 0.2) is 0 Å². The first-order valence-corrected chi connectivity index (χ1v) is 14.6. The zero-order valence-electron chi connectivity index (χ0n) is 23.5. The number of aliphatic hydroxyl groups excluding tert-OH is 2. The van der Waals surface area contributed by atoms with Crippen LogP contribution < -0.4 is 5.32 Å². The maximum atomic E-state index is 12.1. The highest BCUT2D eigenvalue weighted by molar-refractivity contribution is 5.68. The van der Waals surface area contributed by atoms with Crippen LogP contribution in [0.4, 0.5) is 4.79 Å². The number of fused-ring (bicyclic) bond motifs is 5. The molecule has 0 aromatic heterocycles. The van der Waals surface area contributed by atoms with Crippen LogP contribution in [-0.4, -0.2) is 40.7 Å². The van der Waals surface area contributed by atoms with E-state index in [-0.39, 0.29) is 34.7 Å². The van der Waals surface area contributed by atoms with E-state index in [1.54, 1.807) is 0 Å². The Bertz CT molecular complexity index is 764. The molecule has 1 amide bonds. The van der Waals surface area contributed by atoms with Crippen LogP contribution in [0.3, 0.4) is 0 Å². The minimum atomic E-state index is -0.322. The minimum Gasteiger partial charge on any atom is -0.450 e. The summed E-state index contributed by atoms with van der Waals surface area (Å²) in [5.74, 6) is 3.42. The van der Waals surface area contributed by atoms with Gasteiger partial charge >= 0.3 is 6.09 Å². The monoisotopic (exact) mass is 491 g/mol. The van der Waals surface area contributed by atoms with Crippen molar-refractivity contribution in [2.24, 2.45) is 52.3 Å². The SMILES string of the molecule is CC[C@@H]1C2C[C@H](O)CC[C@]2(C)[C@H]2CC[C@]3(C)[C@@H]([C@H](C)CCOC(=O)NC(C)(C)C)CC[C@H]3C2[C@@H]1O. The van der Waals surface area contributed by atoms with Crippen molar-refractivity contribution in [3.63, 3.8) is 0 Å². The van der Waals surface area contributed by atoms with E-state index < -0.39 is 0 Å². The van der Waals surface area contributed by atoms with Crippen LogP contribution in [0.1, 0.15) is 106 Å². The molecule has 0 aliphatic heterocycles. The predicted molar refractivity (Wildman–Crippen MR) is 140 cm³/mol. The topological polar surface area (TPSA) is 78.8 Å². The Morgan fingerprint density at radius 1 is 1.03 bits per heavy atom. The highest BCUT2D eigenvalue weighted by Gasteiger charge is 2.64. The van der Waals surface area contributed by atoms with Crippen LogP contribution in [0, 0.1) is 52.3 Å². The van der Waals surface area contributed by atoms with Gasteiger partial charge in [0.25, 0.3) is 0 Å². The van der Waals surface area contributed by atoms with Gasteiger partial charge in [-0.15, -0.1) is 0 Å². The number of carbonyl (C=O) groups is 1. The summed E-state index contributed by atoms with van der Waals surface area (Å²) in [6, 6.07) is 0. The third-order valence-electron chi connectivity index (χ3n) is 11.4. The first kappa shape index (κ1) is 27.2. The number of hydrogen-bond acceptors (Lipinski definition) is 4. The van der Waals surface area contributed by atoms with Crippen LogP contribution in [0.25, 0.3) is 0 Å². The van der Waals surface area contributed by atoms with Gasteiger partial charge in [-0.2, -0.15) is 0 Å². The Morgan fingerprint density at radius 3 is 2.34 bits per heavy atom. The summed E-state index contributed by atoms with van der Waals surface area (Å²) >= 11 is 0. The van der Waals surface area contributed by atoms with Crippen LogP contribution >= 0.6 is 0 Å². The van der Waals surface area contributed by atoms with Crippen molar-refractivity contribution in [1.29, 1.82) is 0 Å². The van der Waals surface area contributed by atoms with E-state index >= 15 is 0 Å². The second-order valence-electron chi connectivity index (χ2n) is 14.4. The van der Waals surface area contributed by atoms with Gasteiger partial charge in [-0.25, -0.2) is 4.79 Å². The summed E-state index contributed by atoms with van der Waals surface area (Å²) in [6.07, 6.45) is 8.96. The van der Waals surface area contributed by atoms with Crippen molar-refractivity contribution in [3.8, 4) is 0 Å². The van der Waals surface area contributed by atoms with E-state index in [9.17, 15) is 15.0 Å². The zero-order valence-corrected chi connectivity index (χ0v) is 23.5. The lowest BCUT2D eigenvalue weighted by Gasteiger charge is -2.64. The molecule has 4 aliphatic rings. The van der Waals surface area contributed by atoms with Crippen LogP contribution in [0.5, 0.6) is 0 Å². The Labute approximate surface area is 214 Å². The summed E-state index contributed by atoms with van der Waals surface area (Å²) in [7, 11) is 0. The van der Waals surface area contributed by atoms with Crippen LogP contribution in [0.15, 0.2) is 0 Å². The Hall–Kier alpha value is -0.810. The maximum Gasteiger partial charge on any atom is 0.407 e. The number of aliphatic hydroxyl groups is 2. The van der Waals surface area contributed by atoms with Gasteiger partial charge in [-0.05, 0) is 124 Å². The van der Waals surface area contributed by atoms with Gasteiger partial charge in [0, 0.05) is 5.54 Å². The molecule has 4 saturated carbocycles. The summed E-state index contributed by atoms with van der Waals surface area (Å²) in [4.78, 5) is 12.1. The van der Waals surface area contributed by atoms with Crippen molar-refractivity contribution < 1.29 is 19.7 Å². The molecule has 4 aliphatic carbocycles. The molecule has 0 aromatic carbocycles. The number of alkyl carbamates (subject to hydrolysis) is 1. The van der Waals surface area contributed by atoms with E-state index in [4.69, 9.17) is 4.74 Å². The van der Waals surface area contributed by atoms with Gasteiger partial charge < -0.3 is 20.3 Å². The predicted octanol–water partition coefficient (Wildman–Crippen LogP) is 6.16. The van der Waals surface area contributed by atoms with Gasteiger partial charge in [0.2, 0.25) is 0 Å². The molecule has 0 saturated heterocycles. The van der Waals surface area contributed by atoms with Crippen molar-refractivity contribution in [3.05, 3.63) is 0 Å². The second kappa shape index (κ2) is 9.82. The molecule has 0 aromatic rings. The van der Waals surface area contributed by atoms with Crippen molar-refractivity contribution in [2.45, 2.75) is 124 Å². The third-order valence-corrected chi connectivity index (χ3v) is 11.4. The highest BCUT2D eigenvalue weighted by Crippen LogP contribution is 2.69. The van der Waals surface area contributed by atoms with E-state index in [0.29, 0.717) is 48.0 Å². The number of ether oxygens (including phenoxy) is 1. The summed E-state index contributed by atoms with van der Waals surface area (Å²) in [6.45, 7) is 16.0. The molecule has 0 radical (unpaired) electrons. The van der Waals surface area contributed by atoms with Crippen molar-refractivity contribution >= 4 is 6.09 Å². The van der Waals surface area contributed by atoms with Gasteiger partial charge in [0.05, 0.1) is 18.8 Å². The minimum absolute atomic E-state index is 0.191. The smallest absolute Gasteiger partial charge is 0.407 e. The fraction of sp³-hybridized carbons (Fsp3) is 0.967. The standard InChI is InChI=1S/C30H53NO4/c1-8-20-24-17-19(32)11-14-30(24,7)23-12-15-29(6)21(9-10-22(29)25(23)26(20)33)18(2)13-16-35-27(34)31-28(3,4)5/h18-26,32-33H,8-17H2,1-7H3,(H,31,34)/t18-,19-,20-,21-,22+,23+,24?,25?,26-,29-,30-/m1/s1. The summed E-state index contributed by atoms with van der Waals surface area (Å²) in [5, 5.41) is 25.2. The van der Waals surface area contributed by atoms with Gasteiger partial charge in [0.1, 0.15) is 0 Å². The fourth-order valence-electron chi connectivity index (χ4n) is 9.81. The number of hydrogen-bond donors (Lipinski definition) is 3. The van der Waals surface area contributed by atoms with Crippen molar-refractivity contribution in [2.75, 3.05) is 6.61 Å². The molecular weight excluding hydrogens is 438 g/mol. The first-order chi connectivity index (χ1) is 16.3. The number of rotatable bonds is 5. The van der Waals surface area contributed by atoms with E-state index in [2.05, 4.69) is 33.0 Å². The molecule has 11 atom stereocenters. The quantitative estimate of drug-likeness (QED) is 0.430. The number of carbonyl (C=O) groups excluding carboxylic acids is 1. The average molecular weight is 492 g/mol. The molecular formula is C30H53NO4. The normalized spacial score (nSPS) is 46.2. The maximum absolute atomic E-state index is 12.1. The molecule has 35 heavy (non-hydrogen) atoms. The van der Waals surface area contributed by atoms with Crippen molar-refractivity contribution in [1.82, 2.24) is 5.32 Å². The molecule has 0 spiro atoms. The molecule has 0 bridgehead atoms. The lowest BCUT2D eigenvalue weighted by atomic mass is 9.41. The lowest BCUT2D eigenvalue weighted by molar-refractivity contribution is -0.203. The molecule has 5 nitrogen and oxygen atoms in total. The number of amides is 1. The first-order valence-electron chi connectivity index (χ1n) is 14.6. The lowest BCUT2D eigenvalue weighted by Crippen LogP contribution is -2.62. The summed E-state index contributed by atoms with van der Waals surface area (Å²) in [5.41, 5.74) is 0.227. The third kappa shape index (κ3) is 4.90. The molecule has 0 heterocycles. The molecule has 2 unspecified atom stereocenters. The number of nitrogens with one attached hydrogen (secondary N) is 1.